The van der Waals surface area contributed by atoms with Crippen molar-refractivity contribution in [2.75, 3.05) is 38.7 Å². The highest BCUT2D eigenvalue weighted by Gasteiger charge is 2.18. The van der Waals surface area contributed by atoms with Gasteiger partial charge < -0.3 is 20.1 Å². The number of nitrogens with zero attached hydrogens (tertiary/aromatic N) is 1. The maximum Gasteiger partial charge on any atom is 0.238 e. The van der Waals surface area contributed by atoms with E-state index in [-0.39, 0.29) is 12.5 Å². The van der Waals surface area contributed by atoms with Crippen LogP contribution in [-0.2, 0) is 27.3 Å². The minimum atomic E-state index is -0.0874. The Morgan fingerprint density at radius 3 is 3.25 bits per heavy atom. The number of nitrogens with one attached hydrogen (secondary N) is 3. The summed E-state index contributed by atoms with van der Waals surface area (Å²) in [5.74, 6) is -0.0874. The van der Waals surface area contributed by atoms with Crippen molar-refractivity contribution in [2.24, 2.45) is 0 Å². The molecule has 24 heavy (non-hydrogen) atoms. The van der Waals surface area contributed by atoms with Crippen LogP contribution < -0.4 is 10.6 Å². The Hall–Kier alpha value is -2.22. The number of hydrogen-bond donors (Lipinski definition) is 3. The molecule has 1 aromatic carbocycles. The number of carbonyl (C=O) groups excluding carboxylic acids is 1. The zero-order chi connectivity index (χ0) is 16.8. The fraction of sp³-hybridized carbons (Fsp3) is 0.412. The maximum absolute atomic E-state index is 11.9. The lowest BCUT2D eigenvalue weighted by molar-refractivity contribution is -0.115. The quantitative estimate of drug-likeness (QED) is 0.667. The molecule has 0 atom stereocenters. The Labute approximate surface area is 140 Å². The second-order valence-corrected chi connectivity index (χ2v) is 5.63. The number of carbonyl (C=O) groups is 1. The molecule has 3 rings (SSSR count). The molecule has 1 aliphatic rings. The molecule has 1 aromatic heterocycles. The molecular formula is C17H22N4O3. The van der Waals surface area contributed by atoms with E-state index in [4.69, 9.17) is 9.47 Å². The van der Waals surface area contributed by atoms with Gasteiger partial charge in [0.2, 0.25) is 5.91 Å². The van der Waals surface area contributed by atoms with E-state index in [1.807, 2.05) is 24.3 Å². The van der Waals surface area contributed by atoms with Crippen molar-refractivity contribution in [1.82, 2.24) is 15.5 Å². The van der Waals surface area contributed by atoms with Crippen molar-refractivity contribution in [3.63, 3.8) is 0 Å². The van der Waals surface area contributed by atoms with Crippen molar-refractivity contribution >= 4 is 11.6 Å². The van der Waals surface area contributed by atoms with Gasteiger partial charge in [-0.2, -0.15) is 5.10 Å². The van der Waals surface area contributed by atoms with E-state index in [9.17, 15) is 4.79 Å². The third kappa shape index (κ3) is 4.00. The van der Waals surface area contributed by atoms with Crippen LogP contribution in [0.1, 0.15) is 11.3 Å². The molecule has 3 N–H and O–H groups in total. The lowest BCUT2D eigenvalue weighted by Crippen LogP contribution is -2.30. The normalized spacial score (nSPS) is 13.5. The van der Waals surface area contributed by atoms with Gasteiger partial charge in [-0.15, -0.1) is 0 Å². The Morgan fingerprint density at radius 1 is 1.46 bits per heavy atom. The molecule has 7 heteroatoms. The molecule has 0 saturated heterocycles. The Morgan fingerprint density at radius 2 is 2.38 bits per heavy atom. The molecular weight excluding hydrogens is 308 g/mol. The molecule has 0 saturated carbocycles. The highest BCUT2D eigenvalue weighted by atomic mass is 16.5. The van der Waals surface area contributed by atoms with Crippen molar-refractivity contribution in [2.45, 2.75) is 13.0 Å². The molecule has 0 aliphatic carbocycles. The number of aromatic nitrogens is 2. The molecule has 0 radical (unpaired) electrons. The standard InChI is InChI=1S/C17H22N4O3/c1-23-8-6-18-10-16(22)19-13-4-2-3-12(9-13)17-14-11-24-7-5-15(14)20-21-17/h2-4,9,18H,5-8,10-11H2,1H3,(H,19,22)(H,20,21). The number of benzene rings is 1. The first-order valence-electron chi connectivity index (χ1n) is 8.01. The number of rotatable bonds is 7. The maximum atomic E-state index is 11.9. The Bertz CT molecular complexity index is 699. The minimum Gasteiger partial charge on any atom is -0.383 e. The first-order chi connectivity index (χ1) is 11.8. The summed E-state index contributed by atoms with van der Waals surface area (Å²) in [6.07, 6.45) is 0.853. The molecule has 0 spiro atoms. The van der Waals surface area contributed by atoms with Crippen molar-refractivity contribution in [1.29, 1.82) is 0 Å². The summed E-state index contributed by atoms with van der Waals surface area (Å²) in [5.41, 5.74) is 4.83. The summed E-state index contributed by atoms with van der Waals surface area (Å²) >= 11 is 0. The predicted molar refractivity (Wildman–Crippen MR) is 90.8 cm³/mol. The molecule has 128 valence electrons. The van der Waals surface area contributed by atoms with Gasteiger partial charge >= 0.3 is 0 Å². The number of fused-ring (bicyclic) bond motifs is 1. The molecule has 0 fully saturated rings. The van der Waals surface area contributed by atoms with Gasteiger partial charge in [0.15, 0.2) is 0 Å². The summed E-state index contributed by atoms with van der Waals surface area (Å²) < 4.78 is 10.5. The predicted octanol–water partition coefficient (Wildman–Crippen LogP) is 1.32. The van der Waals surface area contributed by atoms with Crippen LogP contribution >= 0.6 is 0 Å². The van der Waals surface area contributed by atoms with Gasteiger partial charge in [0, 0.05) is 42.6 Å². The van der Waals surface area contributed by atoms with Gasteiger partial charge in [-0.3, -0.25) is 9.89 Å². The van der Waals surface area contributed by atoms with Crippen LogP contribution in [0.4, 0.5) is 5.69 Å². The fourth-order valence-electron chi connectivity index (χ4n) is 2.68. The van der Waals surface area contributed by atoms with E-state index in [0.717, 1.165) is 41.2 Å². The summed E-state index contributed by atoms with van der Waals surface area (Å²) in [7, 11) is 1.63. The van der Waals surface area contributed by atoms with Crippen LogP contribution in [0.25, 0.3) is 11.3 Å². The van der Waals surface area contributed by atoms with Crippen LogP contribution in [0.15, 0.2) is 24.3 Å². The van der Waals surface area contributed by atoms with Gasteiger partial charge in [-0.25, -0.2) is 0 Å². The van der Waals surface area contributed by atoms with Crippen LogP contribution in [0.2, 0.25) is 0 Å². The molecule has 1 amide bonds. The van der Waals surface area contributed by atoms with Crippen LogP contribution in [0.5, 0.6) is 0 Å². The summed E-state index contributed by atoms with van der Waals surface area (Å²) in [4.78, 5) is 11.9. The highest BCUT2D eigenvalue weighted by molar-refractivity contribution is 5.92. The van der Waals surface area contributed by atoms with E-state index in [2.05, 4.69) is 20.8 Å². The smallest absolute Gasteiger partial charge is 0.238 e. The van der Waals surface area contributed by atoms with Crippen LogP contribution in [-0.4, -0.2) is 49.5 Å². The lowest BCUT2D eigenvalue weighted by Gasteiger charge is -2.13. The number of methoxy groups -OCH3 is 1. The van der Waals surface area contributed by atoms with Crippen molar-refractivity contribution in [3.8, 4) is 11.3 Å². The van der Waals surface area contributed by atoms with E-state index in [1.165, 1.54) is 0 Å². The second kappa shape index (κ2) is 8.05. The van der Waals surface area contributed by atoms with Gasteiger partial charge in [0.25, 0.3) is 0 Å². The summed E-state index contributed by atoms with van der Waals surface area (Å²) in [6, 6.07) is 7.69. The zero-order valence-electron chi connectivity index (χ0n) is 13.7. The zero-order valence-corrected chi connectivity index (χ0v) is 13.7. The SMILES string of the molecule is COCCNCC(=O)Nc1cccc(-c2n[nH]c3c2COCC3)c1. The Balaban J connectivity index is 1.66. The number of ether oxygens (including phenoxy) is 2. The third-order valence-corrected chi connectivity index (χ3v) is 3.88. The van der Waals surface area contributed by atoms with Gasteiger partial charge in [0.05, 0.1) is 32.1 Å². The summed E-state index contributed by atoms with van der Waals surface area (Å²) in [6.45, 7) is 2.76. The average Bonchev–Trinajstić information content (AvgIpc) is 3.03. The highest BCUT2D eigenvalue weighted by Crippen LogP contribution is 2.28. The van der Waals surface area contributed by atoms with E-state index < -0.39 is 0 Å². The van der Waals surface area contributed by atoms with Gasteiger partial charge in [-0.1, -0.05) is 12.1 Å². The van der Waals surface area contributed by atoms with Crippen molar-refractivity contribution < 1.29 is 14.3 Å². The van der Waals surface area contributed by atoms with Crippen molar-refractivity contribution in [3.05, 3.63) is 35.5 Å². The first kappa shape index (κ1) is 16.6. The second-order valence-electron chi connectivity index (χ2n) is 5.63. The average molecular weight is 330 g/mol. The number of hydrogen-bond acceptors (Lipinski definition) is 5. The number of H-pyrrole nitrogens is 1. The first-order valence-corrected chi connectivity index (χ1v) is 8.01. The third-order valence-electron chi connectivity index (χ3n) is 3.88. The molecule has 2 aromatic rings. The fourth-order valence-corrected chi connectivity index (χ4v) is 2.68. The number of amides is 1. The lowest BCUT2D eigenvalue weighted by atomic mass is 10.0. The van der Waals surface area contributed by atoms with Gasteiger partial charge in [-0.05, 0) is 12.1 Å². The minimum absolute atomic E-state index is 0.0874. The molecule has 1 aliphatic heterocycles. The summed E-state index contributed by atoms with van der Waals surface area (Å²) in [5, 5.41) is 13.4. The van der Waals surface area contributed by atoms with E-state index in [0.29, 0.717) is 19.8 Å². The molecule has 0 bridgehead atoms. The topological polar surface area (TPSA) is 88.3 Å². The van der Waals surface area contributed by atoms with Crippen LogP contribution in [0, 0.1) is 0 Å². The van der Waals surface area contributed by atoms with E-state index >= 15 is 0 Å². The van der Waals surface area contributed by atoms with Gasteiger partial charge in [0.1, 0.15) is 0 Å². The molecule has 7 nitrogen and oxygen atoms in total. The largest absolute Gasteiger partial charge is 0.383 e. The number of aromatic amines is 1. The number of anilines is 1. The molecule has 0 unspecified atom stereocenters. The van der Waals surface area contributed by atoms with E-state index in [1.54, 1.807) is 7.11 Å². The molecule has 2 heterocycles. The monoisotopic (exact) mass is 330 g/mol. The Kier molecular flexibility index (Phi) is 5.58. The van der Waals surface area contributed by atoms with Crippen LogP contribution in [0.3, 0.4) is 0 Å².